The highest BCUT2D eigenvalue weighted by Crippen LogP contribution is 2.15. The maximum Gasteiger partial charge on any atom is 0.255 e. The van der Waals surface area contributed by atoms with E-state index in [0.717, 1.165) is 17.9 Å². The van der Waals surface area contributed by atoms with E-state index >= 15 is 0 Å². The van der Waals surface area contributed by atoms with Crippen LogP contribution in [0.25, 0.3) is 0 Å². The summed E-state index contributed by atoms with van der Waals surface area (Å²) < 4.78 is 5.67. The van der Waals surface area contributed by atoms with Crippen molar-refractivity contribution >= 4 is 5.91 Å². The third-order valence-corrected chi connectivity index (χ3v) is 3.86. The first-order chi connectivity index (χ1) is 11.2. The summed E-state index contributed by atoms with van der Waals surface area (Å²) in [5.74, 6) is 1.00. The van der Waals surface area contributed by atoms with Crippen LogP contribution in [0.5, 0.6) is 0 Å². The van der Waals surface area contributed by atoms with Gasteiger partial charge in [0.05, 0.1) is 18.8 Å². The lowest BCUT2D eigenvalue weighted by Gasteiger charge is -2.23. The zero-order valence-electron chi connectivity index (χ0n) is 13.2. The summed E-state index contributed by atoms with van der Waals surface area (Å²) in [4.78, 5) is 27.1. The Balaban J connectivity index is 1.70. The normalized spacial score (nSPS) is 18.5. The van der Waals surface area contributed by atoms with Gasteiger partial charge in [0.1, 0.15) is 5.82 Å². The smallest absolute Gasteiger partial charge is 0.255 e. The molecule has 1 fully saturated rings. The second-order valence-corrected chi connectivity index (χ2v) is 5.73. The quantitative estimate of drug-likeness (QED) is 0.859. The average Bonchev–Trinajstić information content (AvgIpc) is 2.80. The van der Waals surface area contributed by atoms with E-state index in [2.05, 4.69) is 15.0 Å². The summed E-state index contributed by atoms with van der Waals surface area (Å²) in [6.07, 6.45) is 5.83. The number of pyridine rings is 1. The molecule has 1 saturated heterocycles. The lowest BCUT2D eigenvalue weighted by atomic mass is 10.0. The molecule has 1 aliphatic heterocycles. The molecule has 6 heteroatoms. The monoisotopic (exact) mass is 312 g/mol. The number of aryl methyl sites for hydroxylation is 1. The van der Waals surface area contributed by atoms with Gasteiger partial charge in [-0.25, -0.2) is 9.97 Å². The number of amides is 1. The van der Waals surface area contributed by atoms with Gasteiger partial charge in [-0.05, 0) is 31.5 Å². The number of rotatable bonds is 3. The van der Waals surface area contributed by atoms with E-state index in [1.165, 1.54) is 0 Å². The van der Waals surface area contributed by atoms with Crippen molar-refractivity contribution in [2.45, 2.75) is 13.3 Å². The maximum absolute atomic E-state index is 12.6. The number of carbonyl (C=O) groups is 1. The lowest BCUT2D eigenvalue weighted by molar-refractivity contribution is 0.0737. The van der Waals surface area contributed by atoms with Gasteiger partial charge in [-0.2, -0.15) is 0 Å². The van der Waals surface area contributed by atoms with Crippen molar-refractivity contribution in [3.8, 4) is 0 Å². The molecule has 0 aromatic carbocycles. The highest BCUT2D eigenvalue weighted by Gasteiger charge is 2.24. The van der Waals surface area contributed by atoms with Crippen LogP contribution in [0.4, 0.5) is 0 Å². The number of aromatic nitrogens is 3. The molecule has 0 radical (unpaired) electrons. The Morgan fingerprint density at radius 1 is 1.39 bits per heavy atom. The topological polar surface area (TPSA) is 68.2 Å². The molecule has 0 saturated carbocycles. The van der Waals surface area contributed by atoms with Crippen molar-refractivity contribution < 1.29 is 9.53 Å². The van der Waals surface area contributed by atoms with E-state index in [1.54, 1.807) is 30.7 Å². The summed E-state index contributed by atoms with van der Waals surface area (Å²) in [5.41, 5.74) is 1.60. The van der Waals surface area contributed by atoms with Crippen molar-refractivity contribution in [1.82, 2.24) is 19.9 Å². The van der Waals surface area contributed by atoms with Crippen LogP contribution in [0.15, 0.2) is 36.8 Å². The third-order valence-electron chi connectivity index (χ3n) is 3.86. The highest BCUT2D eigenvalue weighted by atomic mass is 16.5. The largest absolute Gasteiger partial charge is 0.379 e. The first-order valence-corrected chi connectivity index (χ1v) is 7.78. The zero-order chi connectivity index (χ0) is 16.1. The molecule has 2 aromatic heterocycles. The first-order valence-electron chi connectivity index (χ1n) is 7.78. The minimum absolute atomic E-state index is 0.00691. The van der Waals surface area contributed by atoms with Gasteiger partial charge in [0, 0.05) is 43.3 Å². The fourth-order valence-electron chi connectivity index (χ4n) is 2.77. The minimum atomic E-state index is 0.00691. The fourth-order valence-corrected chi connectivity index (χ4v) is 2.77. The van der Waals surface area contributed by atoms with Crippen molar-refractivity contribution in [1.29, 1.82) is 0 Å². The van der Waals surface area contributed by atoms with Crippen molar-refractivity contribution in [2.24, 2.45) is 5.92 Å². The Bertz CT molecular complexity index is 663. The van der Waals surface area contributed by atoms with Crippen molar-refractivity contribution in [3.63, 3.8) is 0 Å². The van der Waals surface area contributed by atoms with E-state index in [4.69, 9.17) is 4.74 Å². The van der Waals surface area contributed by atoms with Gasteiger partial charge in [0.15, 0.2) is 0 Å². The zero-order valence-corrected chi connectivity index (χ0v) is 13.2. The van der Waals surface area contributed by atoms with Crippen LogP contribution in [-0.4, -0.2) is 52.1 Å². The lowest BCUT2D eigenvalue weighted by Crippen LogP contribution is -2.36. The van der Waals surface area contributed by atoms with E-state index in [-0.39, 0.29) is 11.8 Å². The molecule has 0 unspecified atom stereocenters. The van der Waals surface area contributed by atoms with Crippen LogP contribution in [0.2, 0.25) is 0 Å². The van der Waals surface area contributed by atoms with Crippen LogP contribution in [0.3, 0.4) is 0 Å². The summed E-state index contributed by atoms with van der Waals surface area (Å²) in [6.45, 7) is 4.35. The van der Waals surface area contributed by atoms with Gasteiger partial charge < -0.3 is 9.64 Å². The summed E-state index contributed by atoms with van der Waals surface area (Å²) in [7, 11) is 0. The van der Waals surface area contributed by atoms with E-state index in [1.807, 2.05) is 17.9 Å². The molecule has 6 nitrogen and oxygen atoms in total. The molecule has 2 aromatic rings. The second kappa shape index (κ2) is 7.28. The van der Waals surface area contributed by atoms with Crippen LogP contribution in [0.1, 0.15) is 21.9 Å². The van der Waals surface area contributed by atoms with Gasteiger partial charge >= 0.3 is 0 Å². The number of hydrogen-bond donors (Lipinski definition) is 0. The average molecular weight is 312 g/mol. The predicted octanol–water partition coefficient (Wildman–Crippen LogP) is 1.51. The number of nitrogens with zero attached hydrogens (tertiary/aromatic N) is 4. The Kier molecular flexibility index (Phi) is 4.92. The molecule has 23 heavy (non-hydrogen) atoms. The summed E-state index contributed by atoms with van der Waals surface area (Å²) >= 11 is 0. The maximum atomic E-state index is 12.6. The van der Waals surface area contributed by atoms with Gasteiger partial charge in [-0.15, -0.1) is 0 Å². The summed E-state index contributed by atoms with van der Waals surface area (Å²) in [6, 6.07) is 5.50. The molecule has 0 bridgehead atoms. The molecule has 0 aliphatic carbocycles. The van der Waals surface area contributed by atoms with Gasteiger partial charge in [0.25, 0.3) is 5.91 Å². The molecule has 1 atom stereocenters. The van der Waals surface area contributed by atoms with Crippen molar-refractivity contribution in [3.05, 3.63) is 53.9 Å². The van der Waals surface area contributed by atoms with E-state index in [0.29, 0.717) is 31.9 Å². The Labute approximate surface area is 135 Å². The predicted molar refractivity (Wildman–Crippen MR) is 84.9 cm³/mol. The SMILES string of the molecule is Cc1nccc(C[C@@H]2COCCN(C(=O)c3cccnc3)C2)n1. The Morgan fingerprint density at radius 2 is 2.30 bits per heavy atom. The molecule has 1 aliphatic rings. The Hall–Kier alpha value is -2.34. The van der Waals surface area contributed by atoms with E-state index < -0.39 is 0 Å². The fraction of sp³-hybridized carbons (Fsp3) is 0.412. The van der Waals surface area contributed by atoms with Crippen LogP contribution < -0.4 is 0 Å². The first kappa shape index (κ1) is 15.6. The van der Waals surface area contributed by atoms with Crippen LogP contribution in [-0.2, 0) is 11.2 Å². The molecule has 120 valence electrons. The second-order valence-electron chi connectivity index (χ2n) is 5.73. The number of hydrogen-bond acceptors (Lipinski definition) is 5. The van der Waals surface area contributed by atoms with Crippen molar-refractivity contribution in [2.75, 3.05) is 26.3 Å². The standard InChI is InChI=1S/C17H20N4O2/c1-13-19-6-4-16(20-13)9-14-11-21(7-8-23-12-14)17(22)15-3-2-5-18-10-15/h2-6,10,14H,7-9,11-12H2,1H3/t14-/m0/s1. The molecule has 3 heterocycles. The van der Waals surface area contributed by atoms with Crippen LogP contribution >= 0.6 is 0 Å². The van der Waals surface area contributed by atoms with Gasteiger partial charge in [-0.1, -0.05) is 0 Å². The highest BCUT2D eigenvalue weighted by molar-refractivity contribution is 5.93. The molecular weight excluding hydrogens is 292 g/mol. The molecule has 3 rings (SSSR count). The Morgan fingerprint density at radius 3 is 3.09 bits per heavy atom. The molecule has 0 spiro atoms. The van der Waals surface area contributed by atoms with Gasteiger partial charge in [-0.3, -0.25) is 9.78 Å². The molecule has 1 amide bonds. The van der Waals surface area contributed by atoms with Crippen LogP contribution in [0, 0.1) is 12.8 Å². The van der Waals surface area contributed by atoms with Gasteiger partial charge in [0.2, 0.25) is 0 Å². The molecule has 0 N–H and O–H groups in total. The summed E-state index contributed by atoms with van der Waals surface area (Å²) in [5, 5.41) is 0. The minimum Gasteiger partial charge on any atom is -0.379 e. The number of carbonyl (C=O) groups excluding carboxylic acids is 1. The number of ether oxygens (including phenoxy) is 1. The van der Waals surface area contributed by atoms with E-state index in [9.17, 15) is 4.79 Å². The third kappa shape index (κ3) is 4.10. The molecular formula is C17H20N4O2.